The summed E-state index contributed by atoms with van der Waals surface area (Å²) < 4.78 is 0. The number of hydrogen-bond donors (Lipinski definition) is 2. The SMILES string of the molecule is CNc1cnc(N2CCNCC2)cc1-c1ccccc1C. The van der Waals surface area contributed by atoms with Gasteiger partial charge >= 0.3 is 0 Å². The topological polar surface area (TPSA) is 40.2 Å². The van der Waals surface area contributed by atoms with Crippen LogP contribution in [-0.2, 0) is 0 Å². The van der Waals surface area contributed by atoms with Gasteiger partial charge in [0.2, 0.25) is 0 Å². The Morgan fingerprint density at radius 2 is 1.90 bits per heavy atom. The van der Waals surface area contributed by atoms with Crippen molar-refractivity contribution in [1.29, 1.82) is 0 Å². The van der Waals surface area contributed by atoms with Gasteiger partial charge in [-0.3, -0.25) is 0 Å². The molecule has 0 unspecified atom stereocenters. The summed E-state index contributed by atoms with van der Waals surface area (Å²) in [6.45, 7) is 6.22. The molecule has 0 aliphatic carbocycles. The van der Waals surface area contributed by atoms with Crippen molar-refractivity contribution < 1.29 is 0 Å². The average Bonchev–Trinajstić information content (AvgIpc) is 2.55. The van der Waals surface area contributed by atoms with Gasteiger partial charge in [-0.1, -0.05) is 24.3 Å². The standard InChI is InChI=1S/C17H22N4/c1-13-5-3-4-6-14(13)15-11-17(20-12-16(15)18-2)21-9-7-19-8-10-21/h3-6,11-12,18-19H,7-10H2,1-2H3. The summed E-state index contributed by atoms with van der Waals surface area (Å²) in [7, 11) is 1.95. The van der Waals surface area contributed by atoms with Crippen LogP contribution < -0.4 is 15.5 Å². The summed E-state index contributed by atoms with van der Waals surface area (Å²) in [6.07, 6.45) is 1.94. The van der Waals surface area contributed by atoms with Crippen LogP contribution in [-0.4, -0.2) is 38.2 Å². The smallest absolute Gasteiger partial charge is 0.129 e. The fourth-order valence-electron chi connectivity index (χ4n) is 2.81. The molecular weight excluding hydrogens is 260 g/mol. The minimum atomic E-state index is 1.01. The van der Waals surface area contributed by atoms with E-state index in [0.717, 1.165) is 37.7 Å². The number of rotatable bonds is 3. The van der Waals surface area contributed by atoms with Crippen molar-refractivity contribution in [1.82, 2.24) is 10.3 Å². The Morgan fingerprint density at radius 3 is 2.62 bits per heavy atom. The predicted molar refractivity (Wildman–Crippen MR) is 89.0 cm³/mol. The number of nitrogens with one attached hydrogen (secondary N) is 2. The number of benzene rings is 1. The third kappa shape index (κ3) is 2.85. The molecule has 110 valence electrons. The molecule has 3 rings (SSSR count). The lowest BCUT2D eigenvalue weighted by atomic mass is 10.00. The van der Waals surface area contributed by atoms with E-state index in [4.69, 9.17) is 0 Å². The van der Waals surface area contributed by atoms with E-state index < -0.39 is 0 Å². The Labute approximate surface area is 126 Å². The first-order valence-corrected chi connectivity index (χ1v) is 7.49. The van der Waals surface area contributed by atoms with Gasteiger partial charge in [-0.15, -0.1) is 0 Å². The molecule has 21 heavy (non-hydrogen) atoms. The number of pyridine rings is 1. The Hall–Kier alpha value is -2.07. The zero-order chi connectivity index (χ0) is 14.7. The molecule has 2 N–H and O–H groups in total. The Bertz CT molecular complexity index is 618. The molecule has 1 fully saturated rings. The van der Waals surface area contributed by atoms with Crippen LogP contribution in [0, 0.1) is 6.92 Å². The van der Waals surface area contributed by atoms with Crippen LogP contribution in [0.4, 0.5) is 11.5 Å². The van der Waals surface area contributed by atoms with Crippen molar-refractivity contribution in [3.63, 3.8) is 0 Å². The molecule has 4 heteroatoms. The molecule has 1 aromatic heterocycles. The number of aromatic nitrogens is 1. The average molecular weight is 282 g/mol. The molecule has 1 aliphatic rings. The zero-order valence-corrected chi connectivity index (χ0v) is 12.7. The van der Waals surface area contributed by atoms with Gasteiger partial charge in [0.1, 0.15) is 5.82 Å². The summed E-state index contributed by atoms with van der Waals surface area (Å²) in [5.74, 6) is 1.06. The van der Waals surface area contributed by atoms with Crippen LogP contribution >= 0.6 is 0 Å². The second-order valence-corrected chi connectivity index (χ2v) is 5.39. The third-order valence-electron chi connectivity index (χ3n) is 4.04. The molecule has 0 saturated carbocycles. The van der Waals surface area contributed by atoms with E-state index in [1.807, 2.05) is 13.2 Å². The lowest BCUT2D eigenvalue weighted by molar-refractivity contribution is 0.585. The van der Waals surface area contributed by atoms with Gasteiger partial charge in [0.05, 0.1) is 11.9 Å². The summed E-state index contributed by atoms with van der Waals surface area (Å²) in [6, 6.07) is 10.7. The van der Waals surface area contributed by atoms with E-state index in [1.165, 1.54) is 16.7 Å². The summed E-state index contributed by atoms with van der Waals surface area (Å²) in [4.78, 5) is 6.97. The number of piperazine rings is 1. The molecular formula is C17H22N4. The lowest BCUT2D eigenvalue weighted by Crippen LogP contribution is -2.43. The van der Waals surface area contributed by atoms with Crippen molar-refractivity contribution >= 4 is 11.5 Å². The van der Waals surface area contributed by atoms with Gasteiger partial charge in [-0.25, -0.2) is 4.98 Å². The van der Waals surface area contributed by atoms with Crippen LogP contribution in [0.1, 0.15) is 5.56 Å². The molecule has 4 nitrogen and oxygen atoms in total. The van der Waals surface area contributed by atoms with E-state index >= 15 is 0 Å². The predicted octanol–water partition coefficient (Wildman–Crippen LogP) is 2.51. The van der Waals surface area contributed by atoms with Crippen molar-refractivity contribution in [3.05, 3.63) is 42.1 Å². The van der Waals surface area contributed by atoms with Crippen LogP contribution in [0.2, 0.25) is 0 Å². The van der Waals surface area contributed by atoms with Crippen LogP contribution in [0.15, 0.2) is 36.5 Å². The first kappa shape index (κ1) is 13.9. The number of nitrogens with zero attached hydrogens (tertiary/aromatic N) is 2. The quantitative estimate of drug-likeness (QED) is 0.907. The maximum absolute atomic E-state index is 4.62. The molecule has 0 radical (unpaired) electrons. The van der Waals surface area contributed by atoms with E-state index in [9.17, 15) is 0 Å². The summed E-state index contributed by atoms with van der Waals surface area (Å²) >= 11 is 0. The third-order valence-corrected chi connectivity index (χ3v) is 4.04. The van der Waals surface area contributed by atoms with Gasteiger partial charge in [0.15, 0.2) is 0 Å². The van der Waals surface area contributed by atoms with E-state index in [0.29, 0.717) is 0 Å². The molecule has 1 aliphatic heterocycles. The van der Waals surface area contributed by atoms with Crippen molar-refractivity contribution in [3.8, 4) is 11.1 Å². The largest absolute Gasteiger partial charge is 0.386 e. The second kappa shape index (κ2) is 6.14. The molecule has 1 aromatic carbocycles. The molecule has 0 amide bonds. The minimum absolute atomic E-state index is 1.01. The van der Waals surface area contributed by atoms with Gasteiger partial charge in [0.25, 0.3) is 0 Å². The van der Waals surface area contributed by atoms with E-state index in [2.05, 4.69) is 57.8 Å². The van der Waals surface area contributed by atoms with E-state index in [1.54, 1.807) is 0 Å². The van der Waals surface area contributed by atoms with Gasteiger partial charge in [-0.2, -0.15) is 0 Å². The number of aryl methyl sites for hydroxylation is 1. The fourth-order valence-corrected chi connectivity index (χ4v) is 2.81. The molecule has 0 atom stereocenters. The molecule has 0 spiro atoms. The van der Waals surface area contributed by atoms with E-state index in [-0.39, 0.29) is 0 Å². The van der Waals surface area contributed by atoms with Crippen LogP contribution in [0.25, 0.3) is 11.1 Å². The monoisotopic (exact) mass is 282 g/mol. The first-order valence-electron chi connectivity index (χ1n) is 7.49. The molecule has 2 heterocycles. The highest BCUT2D eigenvalue weighted by Gasteiger charge is 2.15. The normalized spacial score (nSPS) is 15.0. The van der Waals surface area contributed by atoms with Crippen molar-refractivity contribution in [2.24, 2.45) is 0 Å². The van der Waals surface area contributed by atoms with Crippen molar-refractivity contribution in [2.45, 2.75) is 6.92 Å². The molecule has 1 saturated heterocycles. The maximum Gasteiger partial charge on any atom is 0.129 e. The van der Waals surface area contributed by atoms with Crippen molar-refractivity contribution in [2.75, 3.05) is 43.4 Å². The highest BCUT2D eigenvalue weighted by Crippen LogP contribution is 2.32. The highest BCUT2D eigenvalue weighted by molar-refractivity contribution is 5.81. The first-order chi connectivity index (χ1) is 10.3. The number of hydrogen-bond acceptors (Lipinski definition) is 4. The second-order valence-electron chi connectivity index (χ2n) is 5.39. The zero-order valence-electron chi connectivity index (χ0n) is 12.7. The van der Waals surface area contributed by atoms with Crippen LogP contribution in [0.3, 0.4) is 0 Å². The number of anilines is 2. The van der Waals surface area contributed by atoms with Gasteiger partial charge in [-0.05, 0) is 24.1 Å². The summed E-state index contributed by atoms with van der Waals surface area (Å²) in [5, 5.41) is 6.64. The fraction of sp³-hybridized carbons (Fsp3) is 0.353. The van der Waals surface area contributed by atoms with Crippen LogP contribution in [0.5, 0.6) is 0 Å². The lowest BCUT2D eigenvalue weighted by Gasteiger charge is -2.29. The molecule has 0 bridgehead atoms. The van der Waals surface area contributed by atoms with Gasteiger partial charge < -0.3 is 15.5 Å². The minimum Gasteiger partial charge on any atom is -0.386 e. The Balaban J connectivity index is 2.03. The summed E-state index contributed by atoms with van der Waals surface area (Å²) in [5.41, 5.74) is 4.84. The Morgan fingerprint density at radius 1 is 1.14 bits per heavy atom. The maximum atomic E-state index is 4.62. The Kier molecular flexibility index (Phi) is 4.06. The highest BCUT2D eigenvalue weighted by atomic mass is 15.2. The van der Waals surface area contributed by atoms with Gasteiger partial charge in [0, 0.05) is 38.8 Å². The molecule has 2 aromatic rings.